The molecule has 0 saturated carbocycles. The van der Waals surface area contributed by atoms with Gasteiger partial charge in [0.05, 0.1) is 5.56 Å². The summed E-state index contributed by atoms with van der Waals surface area (Å²) < 4.78 is 14.1. The molecule has 0 saturated heterocycles. The van der Waals surface area contributed by atoms with Gasteiger partial charge < -0.3 is 4.90 Å². The van der Waals surface area contributed by atoms with E-state index in [1.807, 2.05) is 0 Å². The van der Waals surface area contributed by atoms with Crippen LogP contribution in [0.2, 0.25) is 0 Å². The highest BCUT2D eigenvalue weighted by Gasteiger charge is 2.18. The fourth-order valence-electron chi connectivity index (χ4n) is 1.61. The number of benzene rings is 1. The molecule has 18 heavy (non-hydrogen) atoms. The maximum Gasteiger partial charge on any atom is 0.257 e. The van der Waals surface area contributed by atoms with Crippen molar-refractivity contribution in [3.63, 3.8) is 0 Å². The Labute approximate surface area is 124 Å². The highest BCUT2D eigenvalue weighted by atomic mass is 79.9. The average molecular weight is 381 g/mol. The van der Waals surface area contributed by atoms with Crippen molar-refractivity contribution < 1.29 is 9.18 Å². The Morgan fingerprint density at radius 1 is 1.33 bits per heavy atom. The van der Waals surface area contributed by atoms with E-state index in [1.54, 1.807) is 24.1 Å². The van der Waals surface area contributed by atoms with E-state index >= 15 is 0 Å². The van der Waals surface area contributed by atoms with Gasteiger partial charge in [0.2, 0.25) is 0 Å². The standard InChI is InChI=1S/C13H16Br2FNO/c1-17(9-4-2-3-8-14)13(18)12-10(15)6-5-7-11(12)16/h5-7H,2-4,8-9H2,1H3. The summed E-state index contributed by atoms with van der Waals surface area (Å²) in [5, 5.41) is 0.976. The third kappa shape index (κ3) is 4.35. The maximum absolute atomic E-state index is 13.6. The summed E-state index contributed by atoms with van der Waals surface area (Å²) in [6.07, 6.45) is 3.08. The number of nitrogens with zero attached hydrogens (tertiary/aromatic N) is 1. The number of hydrogen-bond acceptors (Lipinski definition) is 1. The molecule has 0 bridgehead atoms. The molecule has 1 aromatic rings. The minimum atomic E-state index is -0.485. The van der Waals surface area contributed by atoms with Crippen LogP contribution in [0.15, 0.2) is 22.7 Å². The zero-order valence-corrected chi connectivity index (χ0v) is 13.4. The largest absolute Gasteiger partial charge is 0.342 e. The lowest BCUT2D eigenvalue weighted by Gasteiger charge is -2.18. The van der Waals surface area contributed by atoms with Crippen molar-refractivity contribution in [2.24, 2.45) is 0 Å². The van der Waals surface area contributed by atoms with Gasteiger partial charge in [-0.05, 0) is 40.9 Å². The predicted molar refractivity (Wildman–Crippen MR) is 78.7 cm³/mol. The molecule has 1 amide bonds. The monoisotopic (exact) mass is 379 g/mol. The zero-order chi connectivity index (χ0) is 13.5. The number of alkyl halides is 1. The molecule has 0 unspecified atom stereocenters. The molecule has 0 N–H and O–H groups in total. The molecule has 1 aromatic carbocycles. The SMILES string of the molecule is CN(CCCCCBr)C(=O)c1c(F)cccc1Br. The number of carbonyl (C=O) groups is 1. The molecule has 0 aromatic heterocycles. The quantitative estimate of drug-likeness (QED) is 0.534. The van der Waals surface area contributed by atoms with Crippen molar-refractivity contribution in [3.05, 3.63) is 34.1 Å². The first-order valence-electron chi connectivity index (χ1n) is 5.83. The van der Waals surface area contributed by atoms with Crippen LogP contribution in [0, 0.1) is 5.82 Å². The number of rotatable bonds is 6. The molecule has 0 spiro atoms. The number of amides is 1. The third-order valence-electron chi connectivity index (χ3n) is 2.65. The van der Waals surface area contributed by atoms with Crippen LogP contribution >= 0.6 is 31.9 Å². The van der Waals surface area contributed by atoms with Crippen molar-refractivity contribution in [1.29, 1.82) is 0 Å². The van der Waals surface area contributed by atoms with Crippen molar-refractivity contribution >= 4 is 37.8 Å². The number of hydrogen-bond donors (Lipinski definition) is 0. The predicted octanol–water partition coefficient (Wildman–Crippen LogP) is 4.23. The summed E-state index contributed by atoms with van der Waals surface area (Å²) >= 11 is 6.58. The summed E-state index contributed by atoms with van der Waals surface area (Å²) in [6, 6.07) is 4.55. The highest BCUT2D eigenvalue weighted by molar-refractivity contribution is 9.10. The van der Waals surface area contributed by atoms with E-state index in [2.05, 4.69) is 31.9 Å². The molecular weight excluding hydrogens is 365 g/mol. The zero-order valence-electron chi connectivity index (χ0n) is 10.3. The molecule has 2 nitrogen and oxygen atoms in total. The van der Waals surface area contributed by atoms with E-state index in [1.165, 1.54) is 6.07 Å². The van der Waals surface area contributed by atoms with Crippen molar-refractivity contribution in [2.75, 3.05) is 18.9 Å². The summed E-state index contributed by atoms with van der Waals surface area (Å²) in [6.45, 7) is 0.645. The molecule has 0 atom stereocenters. The van der Waals surface area contributed by atoms with Gasteiger partial charge in [-0.1, -0.05) is 28.4 Å². The van der Waals surface area contributed by atoms with Crippen LogP contribution in [0.25, 0.3) is 0 Å². The lowest BCUT2D eigenvalue weighted by molar-refractivity contribution is 0.0787. The highest BCUT2D eigenvalue weighted by Crippen LogP contribution is 2.21. The van der Waals surface area contributed by atoms with Gasteiger partial charge in [0.25, 0.3) is 5.91 Å². The number of halogens is 3. The molecule has 5 heteroatoms. The van der Waals surface area contributed by atoms with Crippen LogP contribution in [0.3, 0.4) is 0 Å². The molecule has 0 aliphatic rings. The Hall–Kier alpha value is -0.420. The van der Waals surface area contributed by atoms with Gasteiger partial charge in [-0.3, -0.25) is 4.79 Å². The van der Waals surface area contributed by atoms with Gasteiger partial charge in [0, 0.05) is 23.4 Å². The normalized spacial score (nSPS) is 10.4. The molecule has 0 fully saturated rings. The maximum atomic E-state index is 13.6. The van der Waals surface area contributed by atoms with Gasteiger partial charge >= 0.3 is 0 Å². The fourth-order valence-corrected chi connectivity index (χ4v) is 2.52. The number of unbranched alkanes of at least 4 members (excludes halogenated alkanes) is 2. The van der Waals surface area contributed by atoms with E-state index in [0.29, 0.717) is 11.0 Å². The van der Waals surface area contributed by atoms with Crippen LogP contribution in [0.5, 0.6) is 0 Å². The molecule has 0 heterocycles. The van der Waals surface area contributed by atoms with Gasteiger partial charge in [-0.15, -0.1) is 0 Å². The molecular formula is C13H16Br2FNO. The van der Waals surface area contributed by atoms with Crippen molar-refractivity contribution in [2.45, 2.75) is 19.3 Å². The second-order valence-corrected chi connectivity index (χ2v) is 5.72. The van der Waals surface area contributed by atoms with Crippen LogP contribution in [0.1, 0.15) is 29.6 Å². The molecule has 1 rings (SSSR count). The van der Waals surface area contributed by atoms with Crippen LogP contribution in [-0.2, 0) is 0 Å². The minimum absolute atomic E-state index is 0.112. The Morgan fingerprint density at radius 2 is 2.06 bits per heavy atom. The van der Waals surface area contributed by atoms with E-state index in [4.69, 9.17) is 0 Å². The molecule has 0 aliphatic carbocycles. The van der Waals surface area contributed by atoms with E-state index in [9.17, 15) is 9.18 Å². The minimum Gasteiger partial charge on any atom is -0.342 e. The fraction of sp³-hybridized carbons (Fsp3) is 0.462. The molecule has 100 valence electrons. The Morgan fingerprint density at radius 3 is 2.67 bits per heavy atom. The van der Waals surface area contributed by atoms with Gasteiger partial charge in [-0.25, -0.2) is 4.39 Å². The molecule has 0 aliphatic heterocycles. The van der Waals surface area contributed by atoms with Gasteiger partial charge in [0.1, 0.15) is 5.82 Å². The third-order valence-corrected chi connectivity index (χ3v) is 3.87. The van der Waals surface area contributed by atoms with E-state index < -0.39 is 5.82 Å². The second kappa shape index (κ2) is 7.89. The smallest absolute Gasteiger partial charge is 0.257 e. The van der Waals surface area contributed by atoms with Crippen molar-refractivity contribution in [1.82, 2.24) is 4.90 Å². The van der Waals surface area contributed by atoms with Gasteiger partial charge in [-0.2, -0.15) is 0 Å². The summed E-state index contributed by atoms with van der Waals surface area (Å²) in [7, 11) is 1.70. The van der Waals surface area contributed by atoms with Crippen molar-refractivity contribution in [3.8, 4) is 0 Å². The first kappa shape index (κ1) is 15.6. The van der Waals surface area contributed by atoms with E-state index in [0.717, 1.165) is 24.6 Å². The lowest BCUT2D eigenvalue weighted by Crippen LogP contribution is -2.28. The Kier molecular flexibility index (Phi) is 6.86. The van der Waals surface area contributed by atoms with Crippen LogP contribution in [0.4, 0.5) is 4.39 Å². The average Bonchev–Trinajstić information content (AvgIpc) is 2.34. The molecule has 0 radical (unpaired) electrons. The van der Waals surface area contributed by atoms with Gasteiger partial charge in [0.15, 0.2) is 0 Å². The summed E-state index contributed by atoms with van der Waals surface area (Å²) in [5.74, 6) is -0.763. The topological polar surface area (TPSA) is 20.3 Å². The first-order valence-corrected chi connectivity index (χ1v) is 7.74. The van der Waals surface area contributed by atoms with Crippen LogP contribution in [-0.4, -0.2) is 29.7 Å². The Bertz CT molecular complexity index is 392. The summed E-state index contributed by atoms with van der Waals surface area (Å²) in [4.78, 5) is 13.7. The number of carbonyl (C=O) groups excluding carboxylic acids is 1. The second-order valence-electron chi connectivity index (χ2n) is 4.07. The summed E-state index contributed by atoms with van der Waals surface area (Å²) in [5.41, 5.74) is 0.112. The Balaban J connectivity index is 2.63. The lowest BCUT2D eigenvalue weighted by atomic mass is 10.1. The first-order chi connectivity index (χ1) is 8.57. The van der Waals surface area contributed by atoms with E-state index in [-0.39, 0.29) is 11.5 Å². The van der Waals surface area contributed by atoms with Crippen LogP contribution < -0.4 is 0 Å².